The number of carbonyl (C=O) groups excluding carboxylic acids is 1. The maximum atomic E-state index is 12.1. The van der Waals surface area contributed by atoms with E-state index in [1.807, 2.05) is 4.90 Å². The van der Waals surface area contributed by atoms with Gasteiger partial charge in [0.25, 0.3) is 5.91 Å². The van der Waals surface area contributed by atoms with Crippen LogP contribution in [0, 0.1) is 5.41 Å². The number of piperidine rings is 1. The van der Waals surface area contributed by atoms with E-state index in [1.165, 1.54) is 25.8 Å². The van der Waals surface area contributed by atoms with E-state index in [-0.39, 0.29) is 5.91 Å². The van der Waals surface area contributed by atoms with Crippen LogP contribution in [0.25, 0.3) is 0 Å². The highest BCUT2D eigenvalue weighted by Crippen LogP contribution is 2.39. The van der Waals surface area contributed by atoms with Crippen LogP contribution in [-0.2, 0) is 0 Å². The number of aromatic nitrogens is 3. The van der Waals surface area contributed by atoms with Crippen molar-refractivity contribution in [1.82, 2.24) is 25.0 Å². The smallest absolute Gasteiger partial charge is 0.291 e. The van der Waals surface area contributed by atoms with Gasteiger partial charge in [-0.15, -0.1) is 0 Å². The Labute approximate surface area is 106 Å². The van der Waals surface area contributed by atoms with Crippen molar-refractivity contribution < 1.29 is 4.79 Å². The Hall–Kier alpha value is -1.43. The highest BCUT2D eigenvalue weighted by Gasteiger charge is 2.40. The summed E-state index contributed by atoms with van der Waals surface area (Å²) in [6.07, 6.45) is 4.87. The first kappa shape index (κ1) is 11.6. The number of H-pyrrole nitrogens is 1. The van der Waals surface area contributed by atoms with Gasteiger partial charge >= 0.3 is 0 Å². The maximum Gasteiger partial charge on any atom is 0.291 e. The quantitative estimate of drug-likeness (QED) is 0.780. The van der Waals surface area contributed by atoms with Crippen LogP contribution in [0.1, 0.15) is 29.9 Å². The van der Waals surface area contributed by atoms with Gasteiger partial charge in [0.1, 0.15) is 6.33 Å². The zero-order valence-electron chi connectivity index (χ0n) is 10.7. The highest BCUT2D eigenvalue weighted by atomic mass is 16.2. The Kier molecular flexibility index (Phi) is 2.81. The highest BCUT2D eigenvalue weighted by molar-refractivity contribution is 5.90. The van der Waals surface area contributed by atoms with Crippen molar-refractivity contribution in [3.8, 4) is 0 Å². The van der Waals surface area contributed by atoms with Crippen molar-refractivity contribution in [3.05, 3.63) is 12.2 Å². The maximum absolute atomic E-state index is 12.1. The Balaban J connectivity index is 1.62. The molecule has 3 heterocycles. The summed E-state index contributed by atoms with van der Waals surface area (Å²) in [5.41, 5.74) is 0.451. The summed E-state index contributed by atoms with van der Waals surface area (Å²) < 4.78 is 0. The summed E-state index contributed by atoms with van der Waals surface area (Å²) in [4.78, 5) is 20.3. The molecule has 1 spiro atoms. The number of likely N-dealkylation sites (tertiary alicyclic amines) is 2. The average Bonchev–Trinajstić information content (AvgIpc) is 3.00. The average molecular weight is 249 g/mol. The number of hydrogen-bond acceptors (Lipinski definition) is 4. The van der Waals surface area contributed by atoms with Gasteiger partial charge in [-0.05, 0) is 38.3 Å². The zero-order chi connectivity index (χ0) is 12.6. The molecular formula is C12H19N5O. The van der Waals surface area contributed by atoms with E-state index in [9.17, 15) is 4.79 Å². The third-order valence-electron chi connectivity index (χ3n) is 4.36. The van der Waals surface area contributed by atoms with Gasteiger partial charge in [-0.25, -0.2) is 4.98 Å². The van der Waals surface area contributed by atoms with Crippen LogP contribution in [0.5, 0.6) is 0 Å². The number of aromatic amines is 1. The van der Waals surface area contributed by atoms with Gasteiger partial charge in [-0.1, -0.05) is 0 Å². The molecular weight excluding hydrogens is 230 g/mol. The van der Waals surface area contributed by atoms with E-state index >= 15 is 0 Å². The second-order valence-electron chi connectivity index (χ2n) is 5.61. The minimum Gasteiger partial charge on any atom is -0.336 e. The van der Waals surface area contributed by atoms with Crippen LogP contribution in [0.2, 0.25) is 0 Å². The lowest BCUT2D eigenvalue weighted by atomic mass is 9.78. The predicted molar refractivity (Wildman–Crippen MR) is 66.1 cm³/mol. The number of hydrogen-bond donors (Lipinski definition) is 1. The first-order valence-corrected chi connectivity index (χ1v) is 6.52. The van der Waals surface area contributed by atoms with Gasteiger partial charge in [-0.3, -0.25) is 9.89 Å². The number of nitrogens with zero attached hydrogens (tertiary/aromatic N) is 4. The van der Waals surface area contributed by atoms with Crippen LogP contribution in [-0.4, -0.2) is 64.1 Å². The van der Waals surface area contributed by atoms with E-state index in [1.54, 1.807) is 0 Å². The van der Waals surface area contributed by atoms with Crippen LogP contribution in [0.3, 0.4) is 0 Å². The molecule has 0 atom stereocenters. The zero-order valence-corrected chi connectivity index (χ0v) is 10.7. The van der Waals surface area contributed by atoms with Crippen LogP contribution >= 0.6 is 0 Å². The molecule has 1 aromatic rings. The fourth-order valence-electron chi connectivity index (χ4n) is 3.21. The summed E-state index contributed by atoms with van der Waals surface area (Å²) in [5.74, 6) is 0.336. The molecule has 1 amide bonds. The third-order valence-corrected chi connectivity index (χ3v) is 4.36. The fourth-order valence-corrected chi connectivity index (χ4v) is 3.21. The molecule has 1 aromatic heterocycles. The van der Waals surface area contributed by atoms with Crippen LogP contribution in [0.15, 0.2) is 6.33 Å². The van der Waals surface area contributed by atoms with E-state index in [2.05, 4.69) is 27.1 Å². The molecule has 2 saturated heterocycles. The van der Waals surface area contributed by atoms with Crippen molar-refractivity contribution in [2.24, 2.45) is 5.41 Å². The molecule has 2 aliphatic rings. The molecule has 2 fully saturated rings. The first-order valence-electron chi connectivity index (χ1n) is 6.52. The molecule has 0 bridgehead atoms. The summed E-state index contributed by atoms with van der Waals surface area (Å²) in [7, 11) is 2.18. The minimum absolute atomic E-state index is 0.0197. The van der Waals surface area contributed by atoms with Gasteiger partial charge < -0.3 is 9.80 Å². The van der Waals surface area contributed by atoms with E-state index in [0.29, 0.717) is 11.2 Å². The molecule has 0 radical (unpaired) electrons. The summed E-state index contributed by atoms with van der Waals surface area (Å²) in [6, 6.07) is 0. The van der Waals surface area contributed by atoms with Crippen molar-refractivity contribution in [3.63, 3.8) is 0 Å². The number of nitrogens with one attached hydrogen (secondary N) is 1. The van der Waals surface area contributed by atoms with E-state index in [0.717, 1.165) is 25.9 Å². The summed E-state index contributed by atoms with van der Waals surface area (Å²) in [6.45, 7) is 4.05. The van der Waals surface area contributed by atoms with Crippen molar-refractivity contribution in [1.29, 1.82) is 0 Å². The molecule has 18 heavy (non-hydrogen) atoms. The molecule has 3 rings (SSSR count). The van der Waals surface area contributed by atoms with Crippen LogP contribution < -0.4 is 0 Å². The molecule has 98 valence electrons. The Bertz CT molecular complexity index is 422. The molecule has 6 nitrogen and oxygen atoms in total. The first-order chi connectivity index (χ1) is 8.69. The van der Waals surface area contributed by atoms with Gasteiger partial charge in [-0.2, -0.15) is 5.10 Å². The number of carbonyl (C=O) groups is 1. The van der Waals surface area contributed by atoms with Crippen molar-refractivity contribution in [2.75, 3.05) is 33.2 Å². The Morgan fingerprint density at radius 1 is 1.33 bits per heavy atom. The fraction of sp³-hybridized carbons (Fsp3) is 0.750. The van der Waals surface area contributed by atoms with Gasteiger partial charge in [0.15, 0.2) is 0 Å². The van der Waals surface area contributed by atoms with Gasteiger partial charge in [0.2, 0.25) is 5.82 Å². The Morgan fingerprint density at radius 3 is 2.61 bits per heavy atom. The standard InChI is InChI=1S/C12H19N5O/c1-16-5-2-12(8-16)3-6-17(7-4-12)11(18)10-13-9-14-15-10/h9H,2-8H2,1H3,(H,13,14,15). The van der Waals surface area contributed by atoms with Crippen molar-refractivity contribution >= 4 is 5.91 Å². The van der Waals surface area contributed by atoms with E-state index in [4.69, 9.17) is 0 Å². The topological polar surface area (TPSA) is 65.1 Å². The number of amides is 1. The lowest BCUT2D eigenvalue weighted by Gasteiger charge is -2.38. The molecule has 0 saturated carbocycles. The summed E-state index contributed by atoms with van der Waals surface area (Å²) in [5, 5.41) is 6.37. The molecule has 0 aliphatic carbocycles. The largest absolute Gasteiger partial charge is 0.336 e. The van der Waals surface area contributed by atoms with Gasteiger partial charge in [0.05, 0.1) is 0 Å². The molecule has 0 unspecified atom stereocenters. The Morgan fingerprint density at radius 2 is 2.06 bits per heavy atom. The molecule has 2 aliphatic heterocycles. The second kappa shape index (κ2) is 4.35. The normalized spacial score (nSPS) is 23.7. The minimum atomic E-state index is -0.0197. The molecule has 1 N–H and O–H groups in total. The second-order valence-corrected chi connectivity index (χ2v) is 5.61. The van der Waals surface area contributed by atoms with Crippen LogP contribution in [0.4, 0.5) is 0 Å². The monoisotopic (exact) mass is 249 g/mol. The SMILES string of the molecule is CN1CCC2(CCN(C(=O)c3ncn[nH]3)CC2)C1. The predicted octanol–water partition coefficient (Wildman–Crippen LogP) is 0.363. The molecule has 0 aromatic carbocycles. The lowest BCUT2D eigenvalue weighted by molar-refractivity contribution is 0.0582. The number of rotatable bonds is 1. The van der Waals surface area contributed by atoms with Crippen molar-refractivity contribution in [2.45, 2.75) is 19.3 Å². The summed E-state index contributed by atoms with van der Waals surface area (Å²) >= 11 is 0. The third kappa shape index (κ3) is 2.01. The van der Waals surface area contributed by atoms with E-state index < -0.39 is 0 Å². The molecule has 6 heteroatoms. The van der Waals surface area contributed by atoms with Gasteiger partial charge in [0, 0.05) is 19.6 Å². The lowest BCUT2D eigenvalue weighted by Crippen LogP contribution is -2.44.